The van der Waals surface area contributed by atoms with Crippen LogP contribution in [0.15, 0.2) is 4.52 Å². The van der Waals surface area contributed by atoms with Crippen molar-refractivity contribution < 1.29 is 14.4 Å². The zero-order valence-electron chi connectivity index (χ0n) is 10.8. The molecule has 2 heterocycles. The molecule has 6 nitrogen and oxygen atoms in total. The first kappa shape index (κ1) is 13.0. The van der Waals surface area contributed by atoms with Crippen molar-refractivity contribution >= 4 is 5.97 Å². The van der Waals surface area contributed by atoms with E-state index in [2.05, 4.69) is 10.1 Å². The van der Waals surface area contributed by atoms with E-state index in [9.17, 15) is 9.90 Å². The first-order valence-electron chi connectivity index (χ1n) is 6.36. The SMILES string of the molecule is CCCC1(C(=O)O)CCCN1Cc1noc(C)n1. The number of carboxylic acid groups (broad SMARTS) is 1. The van der Waals surface area contributed by atoms with Gasteiger partial charge in [0.05, 0.1) is 6.54 Å². The van der Waals surface area contributed by atoms with Gasteiger partial charge in [-0.1, -0.05) is 18.5 Å². The van der Waals surface area contributed by atoms with Crippen molar-refractivity contribution in [2.75, 3.05) is 6.54 Å². The van der Waals surface area contributed by atoms with E-state index in [0.29, 0.717) is 31.1 Å². The van der Waals surface area contributed by atoms with Crippen molar-refractivity contribution in [3.05, 3.63) is 11.7 Å². The van der Waals surface area contributed by atoms with Gasteiger partial charge in [0, 0.05) is 6.92 Å². The molecule has 2 rings (SSSR count). The maximum Gasteiger partial charge on any atom is 0.324 e. The molecule has 1 atom stereocenters. The monoisotopic (exact) mass is 253 g/mol. The minimum absolute atomic E-state index is 0.448. The minimum Gasteiger partial charge on any atom is -0.480 e. The fourth-order valence-electron chi connectivity index (χ4n) is 2.79. The van der Waals surface area contributed by atoms with Crippen LogP contribution in [0, 0.1) is 6.92 Å². The van der Waals surface area contributed by atoms with Crippen molar-refractivity contribution in [1.82, 2.24) is 15.0 Å². The predicted molar refractivity (Wildman–Crippen MR) is 64.0 cm³/mol. The van der Waals surface area contributed by atoms with Gasteiger partial charge >= 0.3 is 5.97 Å². The van der Waals surface area contributed by atoms with Gasteiger partial charge in [-0.05, 0) is 25.8 Å². The normalized spacial score (nSPS) is 24.6. The van der Waals surface area contributed by atoms with Gasteiger partial charge in [-0.2, -0.15) is 4.98 Å². The summed E-state index contributed by atoms with van der Waals surface area (Å²) in [5.41, 5.74) is -0.747. The zero-order chi connectivity index (χ0) is 13.2. The molecule has 100 valence electrons. The van der Waals surface area contributed by atoms with Crippen LogP contribution >= 0.6 is 0 Å². The second-order valence-electron chi connectivity index (χ2n) is 4.84. The lowest BCUT2D eigenvalue weighted by Gasteiger charge is -2.33. The number of aryl methyl sites for hydroxylation is 1. The average Bonchev–Trinajstić information content (AvgIpc) is 2.88. The van der Waals surface area contributed by atoms with Crippen LogP contribution in [-0.2, 0) is 11.3 Å². The lowest BCUT2D eigenvalue weighted by Crippen LogP contribution is -2.50. The Morgan fingerprint density at radius 3 is 2.94 bits per heavy atom. The molecule has 0 aliphatic carbocycles. The first-order valence-corrected chi connectivity index (χ1v) is 6.36. The van der Waals surface area contributed by atoms with Crippen molar-refractivity contribution in [3.8, 4) is 0 Å². The molecule has 1 aliphatic heterocycles. The molecule has 6 heteroatoms. The molecule has 1 aromatic rings. The summed E-state index contributed by atoms with van der Waals surface area (Å²) < 4.78 is 4.93. The van der Waals surface area contributed by atoms with Gasteiger partial charge in [-0.3, -0.25) is 9.69 Å². The van der Waals surface area contributed by atoms with Gasteiger partial charge in [0.15, 0.2) is 5.82 Å². The van der Waals surface area contributed by atoms with Crippen LogP contribution in [0.1, 0.15) is 44.3 Å². The summed E-state index contributed by atoms with van der Waals surface area (Å²) in [6.07, 6.45) is 3.13. The highest BCUT2D eigenvalue weighted by Crippen LogP contribution is 2.34. The van der Waals surface area contributed by atoms with Crippen molar-refractivity contribution in [2.24, 2.45) is 0 Å². The van der Waals surface area contributed by atoms with E-state index in [4.69, 9.17) is 4.52 Å². The van der Waals surface area contributed by atoms with E-state index in [0.717, 1.165) is 19.4 Å². The fraction of sp³-hybridized carbons (Fsp3) is 0.750. The van der Waals surface area contributed by atoms with Crippen molar-refractivity contribution in [1.29, 1.82) is 0 Å². The van der Waals surface area contributed by atoms with Crippen LogP contribution in [0.3, 0.4) is 0 Å². The van der Waals surface area contributed by atoms with E-state index in [1.54, 1.807) is 6.92 Å². The van der Waals surface area contributed by atoms with Crippen LogP contribution in [0.2, 0.25) is 0 Å². The smallest absolute Gasteiger partial charge is 0.324 e. The Kier molecular flexibility index (Phi) is 3.65. The Bertz CT molecular complexity index is 432. The number of likely N-dealkylation sites (tertiary alicyclic amines) is 1. The molecule has 1 N–H and O–H groups in total. The molecular weight excluding hydrogens is 234 g/mol. The maximum absolute atomic E-state index is 11.6. The summed E-state index contributed by atoms with van der Waals surface area (Å²) >= 11 is 0. The Hall–Kier alpha value is -1.43. The number of rotatable bonds is 5. The molecule has 0 radical (unpaired) electrons. The number of aromatic nitrogens is 2. The molecule has 0 bridgehead atoms. The highest BCUT2D eigenvalue weighted by molar-refractivity contribution is 5.79. The standard InChI is InChI=1S/C12H19N3O3/c1-3-5-12(11(16)17)6-4-7-15(12)8-10-13-9(2)18-14-10/h3-8H2,1-2H3,(H,16,17). The van der Waals surface area contributed by atoms with Crippen LogP contribution in [0.25, 0.3) is 0 Å². The quantitative estimate of drug-likeness (QED) is 0.858. The summed E-state index contributed by atoms with van der Waals surface area (Å²) in [5, 5.41) is 13.4. The van der Waals surface area contributed by atoms with Gasteiger partial charge in [-0.25, -0.2) is 0 Å². The molecule has 1 fully saturated rings. The topological polar surface area (TPSA) is 79.5 Å². The molecule has 0 amide bonds. The van der Waals surface area contributed by atoms with Crippen LogP contribution in [0.5, 0.6) is 0 Å². The number of hydrogen-bond acceptors (Lipinski definition) is 5. The van der Waals surface area contributed by atoms with Crippen LogP contribution in [0.4, 0.5) is 0 Å². The molecule has 1 aromatic heterocycles. The van der Waals surface area contributed by atoms with E-state index in [1.165, 1.54) is 0 Å². The molecule has 18 heavy (non-hydrogen) atoms. The number of aliphatic carboxylic acids is 1. The third-order valence-corrected chi connectivity index (χ3v) is 3.59. The summed E-state index contributed by atoms with van der Waals surface area (Å²) in [7, 11) is 0. The number of nitrogens with zero attached hydrogens (tertiary/aromatic N) is 3. The summed E-state index contributed by atoms with van der Waals surface area (Å²) in [4.78, 5) is 17.7. The Balaban J connectivity index is 2.17. The van der Waals surface area contributed by atoms with Gasteiger partial charge in [-0.15, -0.1) is 0 Å². The molecule has 1 aliphatic rings. The van der Waals surface area contributed by atoms with E-state index in [1.807, 2.05) is 11.8 Å². The summed E-state index contributed by atoms with van der Waals surface area (Å²) in [6.45, 7) is 4.97. The van der Waals surface area contributed by atoms with Crippen molar-refractivity contribution in [3.63, 3.8) is 0 Å². The second kappa shape index (κ2) is 5.06. The van der Waals surface area contributed by atoms with Gasteiger partial charge < -0.3 is 9.63 Å². The van der Waals surface area contributed by atoms with Gasteiger partial charge in [0.1, 0.15) is 5.54 Å². The molecule has 0 spiro atoms. The van der Waals surface area contributed by atoms with Crippen LogP contribution < -0.4 is 0 Å². The van der Waals surface area contributed by atoms with E-state index in [-0.39, 0.29) is 0 Å². The Labute approximate surface area is 106 Å². The number of hydrogen-bond donors (Lipinski definition) is 1. The summed E-state index contributed by atoms with van der Waals surface area (Å²) in [5.74, 6) is 0.346. The number of carboxylic acids is 1. The largest absolute Gasteiger partial charge is 0.480 e. The van der Waals surface area contributed by atoms with Crippen molar-refractivity contribution in [2.45, 2.75) is 51.6 Å². The summed E-state index contributed by atoms with van der Waals surface area (Å²) in [6, 6.07) is 0. The molecular formula is C12H19N3O3. The number of carbonyl (C=O) groups is 1. The third-order valence-electron chi connectivity index (χ3n) is 3.59. The Morgan fingerprint density at radius 2 is 2.39 bits per heavy atom. The van der Waals surface area contributed by atoms with E-state index < -0.39 is 11.5 Å². The van der Waals surface area contributed by atoms with Crippen LogP contribution in [-0.4, -0.2) is 38.2 Å². The zero-order valence-corrected chi connectivity index (χ0v) is 10.8. The molecule has 0 saturated carbocycles. The molecule has 1 saturated heterocycles. The Morgan fingerprint density at radius 1 is 1.61 bits per heavy atom. The predicted octanol–water partition coefficient (Wildman–Crippen LogP) is 1.60. The molecule has 1 unspecified atom stereocenters. The highest BCUT2D eigenvalue weighted by Gasteiger charge is 2.47. The maximum atomic E-state index is 11.6. The highest BCUT2D eigenvalue weighted by atomic mass is 16.5. The third kappa shape index (κ3) is 2.25. The fourth-order valence-corrected chi connectivity index (χ4v) is 2.79. The van der Waals surface area contributed by atoms with Gasteiger partial charge in [0.2, 0.25) is 5.89 Å². The van der Waals surface area contributed by atoms with Gasteiger partial charge in [0.25, 0.3) is 0 Å². The molecule has 0 aromatic carbocycles. The lowest BCUT2D eigenvalue weighted by atomic mass is 9.90. The second-order valence-corrected chi connectivity index (χ2v) is 4.84. The van der Waals surface area contributed by atoms with E-state index >= 15 is 0 Å². The lowest BCUT2D eigenvalue weighted by molar-refractivity contribution is -0.150. The first-order chi connectivity index (χ1) is 8.58. The minimum atomic E-state index is -0.747. The average molecular weight is 253 g/mol.